The van der Waals surface area contributed by atoms with Gasteiger partial charge in [-0.1, -0.05) is 0 Å². The summed E-state index contributed by atoms with van der Waals surface area (Å²) in [5, 5.41) is 0. The summed E-state index contributed by atoms with van der Waals surface area (Å²) in [6.45, 7) is 0.0584. The van der Waals surface area contributed by atoms with E-state index in [0.717, 1.165) is 6.20 Å². The van der Waals surface area contributed by atoms with Crippen molar-refractivity contribution in [2.75, 3.05) is 6.54 Å². The van der Waals surface area contributed by atoms with Crippen LogP contribution in [0.1, 0.15) is 23.5 Å². The van der Waals surface area contributed by atoms with E-state index in [9.17, 15) is 31.1 Å². The molecule has 2 heterocycles. The molecule has 0 saturated heterocycles. The molecule has 1 aromatic heterocycles. The molecule has 0 fully saturated rings. The topological polar surface area (TPSA) is 64.2 Å². The van der Waals surface area contributed by atoms with E-state index >= 15 is 0 Å². The molecule has 2 aromatic rings. The van der Waals surface area contributed by atoms with Crippen LogP contribution in [0.3, 0.4) is 0 Å². The molecular weight excluding hydrogens is 390 g/mol. The van der Waals surface area contributed by atoms with Crippen molar-refractivity contribution in [3.05, 3.63) is 52.9 Å². The van der Waals surface area contributed by atoms with Crippen LogP contribution in [0, 0.1) is 17.5 Å². The molecule has 2 N–H and O–H groups in total. The predicted octanol–water partition coefficient (Wildman–Crippen LogP) is 2.62. The van der Waals surface area contributed by atoms with Gasteiger partial charge in [-0.2, -0.15) is 13.2 Å². The van der Waals surface area contributed by atoms with Gasteiger partial charge in [0.25, 0.3) is 0 Å². The van der Waals surface area contributed by atoms with Crippen molar-refractivity contribution in [2.45, 2.75) is 38.1 Å². The number of rotatable bonds is 4. The molecule has 1 aliphatic heterocycles. The number of halogens is 6. The molecule has 5 nitrogen and oxygen atoms in total. The number of fused-ring (bicyclic) bond motifs is 1. The van der Waals surface area contributed by atoms with Crippen LogP contribution in [-0.2, 0) is 30.5 Å². The molecule has 152 valence electrons. The third-order valence-electron chi connectivity index (χ3n) is 4.44. The SMILES string of the molecule is N[C@@H](CC(=O)N1CCc2nc(C(F)(F)F)cn2C1)Cc1cc(F)c(F)cc1F. The molecule has 1 atom stereocenters. The van der Waals surface area contributed by atoms with Crippen molar-refractivity contribution < 1.29 is 31.1 Å². The molecule has 0 radical (unpaired) electrons. The number of nitrogens with two attached hydrogens (primary N) is 1. The number of imidazole rings is 1. The van der Waals surface area contributed by atoms with E-state index in [4.69, 9.17) is 5.73 Å². The highest BCUT2D eigenvalue weighted by Crippen LogP contribution is 2.29. The lowest BCUT2D eigenvalue weighted by molar-refractivity contribution is -0.141. The van der Waals surface area contributed by atoms with Crippen molar-refractivity contribution in [1.82, 2.24) is 14.5 Å². The van der Waals surface area contributed by atoms with Gasteiger partial charge in [0.05, 0.1) is 6.67 Å². The van der Waals surface area contributed by atoms with Gasteiger partial charge in [0.1, 0.15) is 11.6 Å². The minimum Gasteiger partial charge on any atom is -0.327 e. The zero-order valence-electron chi connectivity index (χ0n) is 14.4. The van der Waals surface area contributed by atoms with Crippen LogP contribution in [-0.4, -0.2) is 32.9 Å². The fraction of sp³-hybridized carbons (Fsp3) is 0.412. The first kappa shape index (κ1) is 20.2. The Morgan fingerprint density at radius 2 is 1.86 bits per heavy atom. The summed E-state index contributed by atoms with van der Waals surface area (Å²) >= 11 is 0. The number of carbonyl (C=O) groups is 1. The van der Waals surface area contributed by atoms with Crippen LogP contribution in [0.4, 0.5) is 26.3 Å². The number of nitrogens with zero attached hydrogens (tertiary/aromatic N) is 3. The largest absolute Gasteiger partial charge is 0.434 e. The summed E-state index contributed by atoms with van der Waals surface area (Å²) in [7, 11) is 0. The fourth-order valence-corrected chi connectivity index (χ4v) is 3.03. The Kier molecular flexibility index (Phi) is 5.37. The van der Waals surface area contributed by atoms with Crippen LogP contribution in [0.15, 0.2) is 18.3 Å². The van der Waals surface area contributed by atoms with Crippen molar-refractivity contribution >= 4 is 5.91 Å². The van der Waals surface area contributed by atoms with Crippen molar-refractivity contribution in [2.24, 2.45) is 5.73 Å². The highest BCUT2D eigenvalue weighted by Gasteiger charge is 2.36. The molecule has 28 heavy (non-hydrogen) atoms. The highest BCUT2D eigenvalue weighted by molar-refractivity contribution is 5.76. The van der Waals surface area contributed by atoms with E-state index in [2.05, 4.69) is 4.98 Å². The van der Waals surface area contributed by atoms with Gasteiger partial charge in [0.15, 0.2) is 17.3 Å². The smallest absolute Gasteiger partial charge is 0.327 e. The number of amides is 1. The lowest BCUT2D eigenvalue weighted by Crippen LogP contribution is -2.41. The summed E-state index contributed by atoms with van der Waals surface area (Å²) < 4.78 is 79.4. The third-order valence-corrected chi connectivity index (χ3v) is 4.44. The predicted molar refractivity (Wildman–Crippen MR) is 85.3 cm³/mol. The van der Waals surface area contributed by atoms with Crippen molar-refractivity contribution in [3.63, 3.8) is 0 Å². The standard InChI is InChI=1S/C17H16F6N4O/c18-11-6-13(20)12(19)4-9(11)3-10(24)5-16(28)26-2-1-15-25-14(17(21,22)23)7-27(15)8-26/h4,6-7,10H,1-3,5,8,24H2/t10-/m1/s1. The Bertz CT molecular complexity index is 895. The molecule has 0 aliphatic carbocycles. The van der Waals surface area contributed by atoms with Gasteiger partial charge in [-0.25, -0.2) is 18.2 Å². The van der Waals surface area contributed by atoms with E-state index in [1.54, 1.807) is 0 Å². The molecule has 1 aromatic carbocycles. The lowest BCUT2D eigenvalue weighted by atomic mass is 10.0. The first-order chi connectivity index (χ1) is 13.0. The van der Waals surface area contributed by atoms with Gasteiger partial charge in [-0.05, 0) is 18.1 Å². The van der Waals surface area contributed by atoms with E-state index in [0.29, 0.717) is 12.1 Å². The molecule has 11 heteroatoms. The third kappa shape index (κ3) is 4.29. The average molecular weight is 406 g/mol. The number of hydrogen-bond donors (Lipinski definition) is 1. The summed E-state index contributed by atoms with van der Waals surface area (Å²) in [6.07, 6.45) is -4.01. The molecule has 0 bridgehead atoms. The van der Waals surface area contributed by atoms with Gasteiger partial charge in [0.2, 0.25) is 5.91 Å². The monoisotopic (exact) mass is 406 g/mol. The normalized spacial score (nSPS) is 15.5. The first-order valence-corrected chi connectivity index (χ1v) is 8.34. The number of carbonyl (C=O) groups excluding carboxylic acids is 1. The Balaban J connectivity index is 1.62. The maximum absolute atomic E-state index is 13.7. The van der Waals surface area contributed by atoms with Gasteiger partial charge < -0.3 is 15.2 Å². The quantitative estimate of drug-likeness (QED) is 0.627. The second kappa shape index (κ2) is 7.46. The maximum Gasteiger partial charge on any atom is 0.434 e. The second-order valence-electron chi connectivity index (χ2n) is 6.58. The molecule has 0 unspecified atom stereocenters. The molecule has 3 rings (SSSR count). The minimum absolute atomic E-state index is 0.108. The van der Waals surface area contributed by atoms with E-state index < -0.39 is 41.3 Å². The van der Waals surface area contributed by atoms with E-state index in [1.807, 2.05) is 0 Å². The van der Waals surface area contributed by atoms with Crippen LogP contribution in [0.2, 0.25) is 0 Å². The number of aromatic nitrogens is 2. The molecule has 1 aliphatic rings. The van der Waals surface area contributed by atoms with Crippen LogP contribution in [0.25, 0.3) is 0 Å². The molecule has 1 amide bonds. The summed E-state index contributed by atoms with van der Waals surface area (Å²) in [5.74, 6) is -3.73. The number of hydrogen-bond acceptors (Lipinski definition) is 3. The summed E-state index contributed by atoms with van der Waals surface area (Å²) in [5.41, 5.74) is 4.64. The van der Waals surface area contributed by atoms with E-state index in [1.165, 1.54) is 9.47 Å². The number of alkyl halides is 3. The fourth-order valence-electron chi connectivity index (χ4n) is 3.03. The highest BCUT2D eigenvalue weighted by atomic mass is 19.4. The number of benzene rings is 1. The van der Waals surface area contributed by atoms with Gasteiger partial charge >= 0.3 is 6.18 Å². The van der Waals surface area contributed by atoms with Gasteiger partial charge in [-0.3, -0.25) is 4.79 Å². The molecular formula is C17H16F6N4O. The van der Waals surface area contributed by atoms with Gasteiger partial charge in [0, 0.05) is 37.7 Å². The summed E-state index contributed by atoms with van der Waals surface area (Å²) in [4.78, 5) is 17.2. The zero-order valence-corrected chi connectivity index (χ0v) is 14.4. The Morgan fingerprint density at radius 1 is 1.18 bits per heavy atom. The Hall–Kier alpha value is -2.56. The molecule has 0 saturated carbocycles. The van der Waals surface area contributed by atoms with Crippen molar-refractivity contribution in [1.29, 1.82) is 0 Å². The maximum atomic E-state index is 13.7. The minimum atomic E-state index is -4.57. The van der Waals surface area contributed by atoms with Crippen LogP contribution in [0.5, 0.6) is 0 Å². The lowest BCUT2D eigenvalue weighted by Gasteiger charge is -2.29. The zero-order chi connectivity index (χ0) is 20.6. The van der Waals surface area contributed by atoms with Crippen molar-refractivity contribution in [3.8, 4) is 0 Å². The van der Waals surface area contributed by atoms with Gasteiger partial charge in [-0.15, -0.1) is 0 Å². The van der Waals surface area contributed by atoms with Crippen LogP contribution < -0.4 is 5.73 Å². The molecule has 0 spiro atoms. The van der Waals surface area contributed by atoms with E-state index in [-0.39, 0.29) is 43.9 Å². The average Bonchev–Trinajstić information content (AvgIpc) is 3.03. The first-order valence-electron chi connectivity index (χ1n) is 8.34. The Labute approximate surface area is 155 Å². The summed E-state index contributed by atoms with van der Waals surface area (Å²) in [6, 6.07) is 0.219. The van der Waals surface area contributed by atoms with Crippen LogP contribution >= 0.6 is 0 Å². The Morgan fingerprint density at radius 3 is 2.54 bits per heavy atom. The second-order valence-corrected chi connectivity index (χ2v) is 6.58.